The fourth-order valence-electron chi connectivity index (χ4n) is 1.08. The van der Waals surface area contributed by atoms with E-state index in [1.807, 2.05) is 36.4 Å². The average molecular weight is 210 g/mol. The van der Waals surface area contributed by atoms with Gasteiger partial charge in [-0.15, -0.1) is 6.58 Å². The van der Waals surface area contributed by atoms with E-state index in [2.05, 4.69) is 6.58 Å². The number of rotatable bonds is 5. The molecule has 0 saturated heterocycles. The van der Waals surface area contributed by atoms with Crippen LogP contribution in [0.1, 0.15) is 11.7 Å². The van der Waals surface area contributed by atoms with Gasteiger partial charge in [0.1, 0.15) is 10.5 Å². The van der Waals surface area contributed by atoms with E-state index >= 15 is 0 Å². The average Bonchev–Trinajstić information content (AvgIpc) is 2.21. The van der Waals surface area contributed by atoms with E-state index in [1.165, 1.54) is 0 Å². The van der Waals surface area contributed by atoms with Gasteiger partial charge in [-0.2, -0.15) is 0 Å². The van der Waals surface area contributed by atoms with Crippen molar-refractivity contribution >= 4 is 20.5 Å². The lowest BCUT2D eigenvalue weighted by molar-refractivity contribution is 0.238. The molecule has 1 unspecified atom stereocenters. The van der Waals surface area contributed by atoms with Crippen molar-refractivity contribution in [2.24, 2.45) is 0 Å². The zero-order valence-electron chi connectivity index (χ0n) is 7.77. The highest BCUT2D eigenvalue weighted by Gasteiger charge is 2.05. The van der Waals surface area contributed by atoms with Gasteiger partial charge in [0.25, 0.3) is 10.0 Å². The van der Waals surface area contributed by atoms with E-state index in [0.717, 1.165) is 16.0 Å². The molecule has 2 nitrogen and oxygen atoms in total. The summed E-state index contributed by atoms with van der Waals surface area (Å²) in [6.07, 6.45) is 1.81. The highest BCUT2D eigenvalue weighted by Crippen LogP contribution is 2.16. The molecule has 1 atom stereocenters. The standard InChI is InChI=1S/C9H14O2Si2/c1-2-9(10-13-11-12)8-6-4-3-5-7-8/h2-7,9H,1,13H2,12H3. The zero-order valence-corrected chi connectivity index (χ0v) is 11.2. The molecule has 70 valence electrons. The molecular formula is C9H14O2Si2. The molecule has 1 aromatic carbocycles. The van der Waals surface area contributed by atoms with Crippen molar-refractivity contribution in [2.45, 2.75) is 6.10 Å². The maximum Gasteiger partial charge on any atom is 0.294 e. The molecule has 0 saturated carbocycles. The lowest BCUT2D eigenvalue weighted by atomic mass is 10.1. The van der Waals surface area contributed by atoms with Crippen LogP contribution in [0.25, 0.3) is 0 Å². The molecule has 0 bridgehead atoms. The maximum atomic E-state index is 5.56. The molecule has 4 heteroatoms. The van der Waals surface area contributed by atoms with Crippen LogP contribution in [0, 0.1) is 0 Å². The summed E-state index contributed by atoms with van der Waals surface area (Å²) in [4.78, 5) is 0. The zero-order chi connectivity index (χ0) is 9.52. The molecule has 0 aliphatic carbocycles. The van der Waals surface area contributed by atoms with Gasteiger partial charge >= 0.3 is 0 Å². The first-order chi connectivity index (χ1) is 6.38. The quantitative estimate of drug-likeness (QED) is 0.511. The summed E-state index contributed by atoms with van der Waals surface area (Å²) in [5.41, 5.74) is 1.14. The first kappa shape index (κ1) is 10.4. The summed E-state index contributed by atoms with van der Waals surface area (Å²) in [5.74, 6) is 0. The SMILES string of the molecule is C=CC(O[SiH2]O[SiH3])c1ccccc1. The van der Waals surface area contributed by atoms with Crippen molar-refractivity contribution in [1.82, 2.24) is 0 Å². The summed E-state index contributed by atoms with van der Waals surface area (Å²) >= 11 is 0. The Morgan fingerprint density at radius 1 is 1.38 bits per heavy atom. The predicted molar refractivity (Wildman–Crippen MR) is 60.0 cm³/mol. The lowest BCUT2D eigenvalue weighted by Crippen LogP contribution is -2.07. The van der Waals surface area contributed by atoms with Gasteiger partial charge in [0.05, 0.1) is 6.10 Å². The minimum Gasteiger partial charge on any atom is -0.449 e. The van der Waals surface area contributed by atoms with E-state index in [-0.39, 0.29) is 6.10 Å². The number of hydrogen-bond donors (Lipinski definition) is 0. The van der Waals surface area contributed by atoms with Crippen molar-refractivity contribution in [3.05, 3.63) is 48.6 Å². The summed E-state index contributed by atoms with van der Waals surface area (Å²) in [6, 6.07) is 10.1. The number of benzene rings is 1. The van der Waals surface area contributed by atoms with E-state index < -0.39 is 10.0 Å². The van der Waals surface area contributed by atoms with Crippen molar-refractivity contribution in [3.8, 4) is 0 Å². The molecular weight excluding hydrogens is 196 g/mol. The van der Waals surface area contributed by atoms with Gasteiger partial charge in [0.15, 0.2) is 0 Å². The second-order valence-electron chi connectivity index (χ2n) is 2.64. The van der Waals surface area contributed by atoms with E-state index in [9.17, 15) is 0 Å². The third-order valence-electron chi connectivity index (χ3n) is 1.71. The smallest absolute Gasteiger partial charge is 0.294 e. The highest BCUT2D eigenvalue weighted by atomic mass is 28.3. The Morgan fingerprint density at radius 3 is 2.62 bits per heavy atom. The Kier molecular flexibility index (Phi) is 4.70. The molecule has 0 aliphatic heterocycles. The van der Waals surface area contributed by atoms with Crippen LogP contribution in [0.2, 0.25) is 0 Å². The lowest BCUT2D eigenvalue weighted by Gasteiger charge is -2.13. The van der Waals surface area contributed by atoms with E-state index in [1.54, 1.807) is 0 Å². The Labute approximate surface area is 84.2 Å². The Bertz CT molecular complexity index is 251. The second kappa shape index (κ2) is 5.87. The summed E-state index contributed by atoms with van der Waals surface area (Å²) in [6.45, 7) is 3.74. The van der Waals surface area contributed by atoms with Gasteiger partial charge in [0, 0.05) is 0 Å². The van der Waals surface area contributed by atoms with Crippen molar-refractivity contribution in [1.29, 1.82) is 0 Å². The highest BCUT2D eigenvalue weighted by molar-refractivity contribution is 6.27. The summed E-state index contributed by atoms with van der Waals surface area (Å²) in [5, 5.41) is 0. The Hall–Kier alpha value is -0.686. The minimum absolute atomic E-state index is 0.00168. The molecule has 1 aromatic rings. The molecule has 0 heterocycles. The molecule has 0 aromatic heterocycles. The van der Waals surface area contributed by atoms with Crippen LogP contribution in [-0.2, 0) is 8.54 Å². The molecule has 0 spiro atoms. The maximum absolute atomic E-state index is 5.56. The van der Waals surface area contributed by atoms with Crippen LogP contribution in [0.5, 0.6) is 0 Å². The summed E-state index contributed by atoms with van der Waals surface area (Å²) in [7, 11) is -0.0282. The second-order valence-corrected chi connectivity index (χ2v) is 5.52. The molecule has 0 radical (unpaired) electrons. The van der Waals surface area contributed by atoms with Crippen LogP contribution >= 0.6 is 0 Å². The Morgan fingerprint density at radius 2 is 2.08 bits per heavy atom. The molecule has 1 rings (SSSR count). The van der Waals surface area contributed by atoms with Gasteiger partial charge in [-0.25, -0.2) is 0 Å². The molecule has 0 N–H and O–H groups in total. The summed E-state index contributed by atoms with van der Waals surface area (Å²) < 4.78 is 10.7. The van der Waals surface area contributed by atoms with Gasteiger partial charge in [-0.3, -0.25) is 0 Å². The van der Waals surface area contributed by atoms with Crippen molar-refractivity contribution < 1.29 is 8.54 Å². The van der Waals surface area contributed by atoms with Crippen molar-refractivity contribution in [2.75, 3.05) is 0 Å². The monoisotopic (exact) mass is 210 g/mol. The largest absolute Gasteiger partial charge is 0.449 e. The first-order valence-electron chi connectivity index (χ1n) is 4.16. The van der Waals surface area contributed by atoms with Crippen LogP contribution in [-0.4, -0.2) is 20.5 Å². The fourth-order valence-corrected chi connectivity index (χ4v) is 2.10. The van der Waals surface area contributed by atoms with E-state index in [0.29, 0.717) is 0 Å². The normalized spacial score (nSPS) is 13.5. The number of hydrogen-bond acceptors (Lipinski definition) is 2. The van der Waals surface area contributed by atoms with Gasteiger partial charge in [0.2, 0.25) is 0 Å². The molecule has 0 aliphatic rings. The van der Waals surface area contributed by atoms with Crippen LogP contribution in [0.4, 0.5) is 0 Å². The van der Waals surface area contributed by atoms with Crippen LogP contribution < -0.4 is 0 Å². The third-order valence-corrected chi connectivity index (χ3v) is 3.15. The minimum atomic E-state index is -0.790. The fraction of sp³-hybridized carbons (Fsp3) is 0.111. The molecule has 0 amide bonds. The first-order valence-corrected chi connectivity index (χ1v) is 6.13. The molecule has 0 fully saturated rings. The van der Waals surface area contributed by atoms with Crippen LogP contribution in [0.3, 0.4) is 0 Å². The third kappa shape index (κ3) is 3.27. The molecule has 13 heavy (non-hydrogen) atoms. The van der Waals surface area contributed by atoms with E-state index in [4.69, 9.17) is 8.54 Å². The van der Waals surface area contributed by atoms with Gasteiger partial charge in [-0.05, 0) is 5.56 Å². The van der Waals surface area contributed by atoms with Crippen LogP contribution in [0.15, 0.2) is 43.0 Å². The Balaban J connectivity index is 2.61. The van der Waals surface area contributed by atoms with Crippen molar-refractivity contribution in [3.63, 3.8) is 0 Å². The van der Waals surface area contributed by atoms with Gasteiger partial charge in [-0.1, -0.05) is 36.4 Å². The topological polar surface area (TPSA) is 18.5 Å². The van der Waals surface area contributed by atoms with Gasteiger partial charge < -0.3 is 8.54 Å². The predicted octanol–water partition coefficient (Wildman–Crippen LogP) is 0.226.